The number of aliphatic hydroxyl groups is 1. The molecule has 1 aliphatic rings. The second kappa shape index (κ2) is 9.24. The van der Waals surface area contributed by atoms with Crippen molar-refractivity contribution in [2.24, 2.45) is 0 Å². The summed E-state index contributed by atoms with van der Waals surface area (Å²) in [6.45, 7) is 8.43. The molecule has 0 spiro atoms. The van der Waals surface area contributed by atoms with E-state index in [4.69, 9.17) is 4.74 Å². The fraction of sp³-hybridized carbons (Fsp3) is 0.259. The Balaban J connectivity index is 1.88. The maximum Gasteiger partial charge on any atom is 0.300 e. The van der Waals surface area contributed by atoms with Gasteiger partial charge in [-0.3, -0.25) is 14.5 Å². The average Bonchev–Trinajstić information content (AvgIpc) is 3.32. The Morgan fingerprint density at radius 3 is 2.48 bits per heavy atom. The summed E-state index contributed by atoms with van der Waals surface area (Å²) >= 11 is 1.47. The number of hydrogen-bond acceptors (Lipinski definition) is 5. The number of carbonyl (C=O) groups excluding carboxylic acids is 2. The molecule has 5 nitrogen and oxygen atoms in total. The van der Waals surface area contributed by atoms with Crippen LogP contribution >= 0.6 is 11.3 Å². The highest BCUT2D eigenvalue weighted by Gasteiger charge is 2.47. The van der Waals surface area contributed by atoms with Crippen LogP contribution in [0.2, 0.25) is 0 Å². The minimum atomic E-state index is -0.692. The number of thiophene rings is 1. The number of aliphatic hydroxyl groups excluding tert-OH is 1. The van der Waals surface area contributed by atoms with Gasteiger partial charge in [0.05, 0.1) is 12.2 Å². The van der Waals surface area contributed by atoms with Gasteiger partial charge in [0.1, 0.15) is 17.6 Å². The summed E-state index contributed by atoms with van der Waals surface area (Å²) in [6.07, 6.45) is 0.893. The fourth-order valence-corrected chi connectivity index (χ4v) is 5.14. The van der Waals surface area contributed by atoms with Crippen molar-refractivity contribution in [3.63, 3.8) is 0 Å². The lowest BCUT2D eigenvalue weighted by Crippen LogP contribution is -2.29. The molecule has 33 heavy (non-hydrogen) atoms. The first kappa shape index (κ1) is 22.8. The Morgan fingerprint density at radius 2 is 1.85 bits per heavy atom. The van der Waals surface area contributed by atoms with E-state index in [1.807, 2.05) is 63.4 Å². The predicted octanol–water partition coefficient (Wildman–Crippen LogP) is 6.09. The third-order valence-corrected chi connectivity index (χ3v) is 6.86. The molecule has 1 saturated heterocycles. The van der Waals surface area contributed by atoms with Crippen molar-refractivity contribution < 1.29 is 19.4 Å². The monoisotopic (exact) mass is 461 g/mol. The number of Topliss-reactive ketones (excluding diaryl/α,β-unsaturated/α-hetero) is 1. The van der Waals surface area contributed by atoms with Crippen molar-refractivity contribution in [2.45, 2.75) is 40.2 Å². The Labute approximate surface area is 197 Å². The lowest BCUT2D eigenvalue weighted by atomic mass is 9.97. The minimum Gasteiger partial charge on any atom is -0.507 e. The van der Waals surface area contributed by atoms with Gasteiger partial charge in [0.25, 0.3) is 11.7 Å². The number of ketones is 1. The molecule has 0 bridgehead atoms. The normalized spacial score (nSPS) is 17.6. The number of benzene rings is 2. The number of hydrogen-bond donors (Lipinski definition) is 1. The van der Waals surface area contributed by atoms with Gasteiger partial charge >= 0.3 is 0 Å². The van der Waals surface area contributed by atoms with Crippen LogP contribution in [-0.4, -0.2) is 23.4 Å². The van der Waals surface area contributed by atoms with Gasteiger partial charge in [0.15, 0.2) is 0 Å². The second-order valence-electron chi connectivity index (χ2n) is 8.30. The van der Waals surface area contributed by atoms with E-state index < -0.39 is 17.7 Å². The topological polar surface area (TPSA) is 66.8 Å². The molecule has 0 radical (unpaired) electrons. The molecule has 1 unspecified atom stereocenters. The van der Waals surface area contributed by atoms with Gasteiger partial charge in [0.2, 0.25) is 0 Å². The van der Waals surface area contributed by atoms with E-state index >= 15 is 0 Å². The molecule has 2 aromatic carbocycles. The standard InChI is InChI=1S/C27H27NO4S/c1-5-12-32-21-10-9-19(15-18(21)4)24(29)22-23(26-17(3)11-13-33-26)28(27(31)25(22)30)20-8-6-7-16(2)14-20/h6-11,13-15,23,29H,5,12H2,1-4H3/b24-22-. The smallest absolute Gasteiger partial charge is 0.300 e. The van der Waals surface area contributed by atoms with Gasteiger partial charge in [-0.05, 0) is 85.7 Å². The molecule has 1 fully saturated rings. The van der Waals surface area contributed by atoms with Crippen LogP contribution in [0.5, 0.6) is 5.75 Å². The van der Waals surface area contributed by atoms with Crippen LogP contribution in [-0.2, 0) is 9.59 Å². The molecule has 4 rings (SSSR count). The highest BCUT2D eigenvalue weighted by Crippen LogP contribution is 2.45. The summed E-state index contributed by atoms with van der Waals surface area (Å²) in [5, 5.41) is 13.3. The Bertz CT molecular complexity index is 1260. The van der Waals surface area contributed by atoms with Gasteiger partial charge in [-0.25, -0.2) is 0 Å². The van der Waals surface area contributed by atoms with Crippen LogP contribution < -0.4 is 9.64 Å². The van der Waals surface area contributed by atoms with Crippen molar-refractivity contribution in [1.29, 1.82) is 0 Å². The van der Waals surface area contributed by atoms with Crippen molar-refractivity contribution >= 4 is 34.5 Å². The molecule has 1 N–H and O–H groups in total. The van der Waals surface area contributed by atoms with Gasteiger partial charge in [-0.15, -0.1) is 11.3 Å². The van der Waals surface area contributed by atoms with Gasteiger partial charge in [-0.1, -0.05) is 19.1 Å². The molecular weight excluding hydrogens is 434 g/mol. The van der Waals surface area contributed by atoms with Crippen molar-refractivity contribution in [2.75, 3.05) is 11.5 Å². The Morgan fingerprint density at radius 1 is 1.06 bits per heavy atom. The molecule has 3 aromatic rings. The van der Waals surface area contributed by atoms with Crippen LogP contribution in [0.15, 0.2) is 59.5 Å². The maximum absolute atomic E-state index is 13.3. The number of nitrogens with zero attached hydrogens (tertiary/aromatic N) is 1. The zero-order chi connectivity index (χ0) is 23.7. The number of rotatable bonds is 6. The lowest BCUT2D eigenvalue weighted by Gasteiger charge is -2.25. The molecule has 1 aromatic heterocycles. The highest BCUT2D eigenvalue weighted by atomic mass is 32.1. The van der Waals surface area contributed by atoms with E-state index in [0.717, 1.165) is 33.7 Å². The van der Waals surface area contributed by atoms with Crippen molar-refractivity contribution in [3.05, 3.63) is 86.6 Å². The molecule has 2 heterocycles. The van der Waals surface area contributed by atoms with E-state index in [2.05, 4.69) is 0 Å². The second-order valence-corrected chi connectivity index (χ2v) is 9.25. The largest absolute Gasteiger partial charge is 0.507 e. The average molecular weight is 462 g/mol. The summed E-state index contributed by atoms with van der Waals surface area (Å²) in [6, 6.07) is 14.1. The Hall–Kier alpha value is -3.38. The molecule has 170 valence electrons. The van der Waals surface area contributed by atoms with Gasteiger partial charge in [0, 0.05) is 16.1 Å². The highest BCUT2D eigenvalue weighted by molar-refractivity contribution is 7.10. The summed E-state index contributed by atoms with van der Waals surface area (Å²) in [7, 11) is 0. The van der Waals surface area contributed by atoms with Gasteiger partial charge < -0.3 is 9.84 Å². The summed E-state index contributed by atoms with van der Waals surface area (Å²) in [4.78, 5) is 28.9. The van der Waals surface area contributed by atoms with Crippen LogP contribution in [0.4, 0.5) is 5.69 Å². The minimum absolute atomic E-state index is 0.105. The number of ether oxygens (including phenoxy) is 1. The quantitative estimate of drug-likeness (QED) is 0.274. The summed E-state index contributed by atoms with van der Waals surface area (Å²) in [5.74, 6) is -0.763. The predicted molar refractivity (Wildman–Crippen MR) is 132 cm³/mol. The summed E-state index contributed by atoms with van der Waals surface area (Å²) < 4.78 is 5.74. The number of amides is 1. The van der Waals surface area contributed by atoms with E-state index in [9.17, 15) is 14.7 Å². The SMILES string of the molecule is CCCOc1ccc(/C(O)=C2/C(=O)C(=O)N(c3cccc(C)c3)C2c2sccc2C)cc1C. The first-order valence-corrected chi connectivity index (χ1v) is 11.9. The van der Waals surface area contributed by atoms with Crippen molar-refractivity contribution in [1.82, 2.24) is 0 Å². The van der Waals surface area contributed by atoms with E-state index in [0.29, 0.717) is 17.9 Å². The van der Waals surface area contributed by atoms with E-state index in [1.54, 1.807) is 18.2 Å². The van der Waals surface area contributed by atoms with Crippen molar-refractivity contribution in [3.8, 4) is 5.75 Å². The van der Waals surface area contributed by atoms with Crippen LogP contribution in [0.3, 0.4) is 0 Å². The van der Waals surface area contributed by atoms with Crippen LogP contribution in [0.1, 0.15) is 46.5 Å². The van der Waals surface area contributed by atoms with E-state index in [-0.39, 0.29) is 11.3 Å². The lowest BCUT2D eigenvalue weighted by molar-refractivity contribution is -0.132. The zero-order valence-electron chi connectivity index (χ0n) is 19.2. The first-order chi connectivity index (χ1) is 15.8. The third-order valence-electron chi connectivity index (χ3n) is 5.78. The Kier molecular flexibility index (Phi) is 6.38. The molecule has 1 amide bonds. The first-order valence-electron chi connectivity index (χ1n) is 11.0. The zero-order valence-corrected chi connectivity index (χ0v) is 20.0. The summed E-state index contributed by atoms with van der Waals surface area (Å²) in [5.41, 5.74) is 4.02. The number of carbonyl (C=O) groups is 2. The molecule has 6 heteroatoms. The van der Waals surface area contributed by atoms with E-state index in [1.165, 1.54) is 16.2 Å². The molecule has 0 aliphatic carbocycles. The van der Waals surface area contributed by atoms with Crippen LogP contribution in [0.25, 0.3) is 5.76 Å². The molecule has 0 saturated carbocycles. The third kappa shape index (κ3) is 4.18. The molecular formula is C27H27NO4S. The fourth-order valence-electron chi connectivity index (χ4n) is 4.12. The van der Waals surface area contributed by atoms with Crippen LogP contribution in [0, 0.1) is 20.8 Å². The molecule has 1 aliphatic heterocycles. The molecule has 1 atom stereocenters. The number of aryl methyl sites for hydroxylation is 3. The maximum atomic E-state index is 13.3. The van der Waals surface area contributed by atoms with Gasteiger partial charge in [-0.2, -0.15) is 0 Å². The number of anilines is 1.